The third-order valence-corrected chi connectivity index (χ3v) is 5.17. The highest BCUT2D eigenvalue weighted by Crippen LogP contribution is 2.24. The number of aromatic nitrogens is 5. The molecule has 1 saturated heterocycles. The second kappa shape index (κ2) is 9.45. The van der Waals surface area contributed by atoms with Gasteiger partial charge in [0, 0.05) is 42.8 Å². The van der Waals surface area contributed by atoms with Crippen molar-refractivity contribution in [3.8, 4) is 11.4 Å². The first-order valence-corrected chi connectivity index (χ1v) is 10.4. The molecule has 1 fully saturated rings. The van der Waals surface area contributed by atoms with Crippen LogP contribution in [0.2, 0.25) is 0 Å². The number of hydrogen-bond acceptors (Lipinski definition) is 6. The summed E-state index contributed by atoms with van der Waals surface area (Å²) in [5.41, 5.74) is 4.39. The molecule has 0 atom stereocenters. The van der Waals surface area contributed by atoms with Gasteiger partial charge >= 0.3 is 0 Å². The Balaban J connectivity index is 0.000000265. The lowest BCUT2D eigenvalue weighted by Crippen LogP contribution is -2.44. The Morgan fingerprint density at radius 2 is 1.83 bits per heavy atom. The summed E-state index contributed by atoms with van der Waals surface area (Å²) in [6.07, 6.45) is 2.66. The molecular formula is C23H27N7. The largest absolute Gasteiger partial charge is 0.353 e. The third kappa shape index (κ3) is 4.63. The molecule has 3 heterocycles. The van der Waals surface area contributed by atoms with Crippen molar-refractivity contribution in [2.24, 2.45) is 0 Å². The van der Waals surface area contributed by atoms with Crippen LogP contribution in [0.25, 0.3) is 22.3 Å². The highest BCUT2D eigenvalue weighted by Gasteiger charge is 2.14. The summed E-state index contributed by atoms with van der Waals surface area (Å²) >= 11 is 0. The van der Waals surface area contributed by atoms with Gasteiger partial charge in [0.15, 0.2) is 11.6 Å². The standard InChI is InChI=1S/C16H19N7.C7H8/c1-2-13-12-9-11(3-4-14(12)21-20-13)16-19-15(10-18-22-16)23-7-5-17-6-8-23;1-7-5-3-2-4-6-7/h3-4,9-10,17H,2,5-8H2,1H3,(H,20,21);2-6H,1H3. The second-order valence-corrected chi connectivity index (χ2v) is 7.32. The Bertz CT molecular complexity index is 1090. The van der Waals surface area contributed by atoms with Crippen molar-refractivity contribution in [2.75, 3.05) is 31.1 Å². The number of rotatable bonds is 3. The third-order valence-electron chi connectivity index (χ3n) is 5.17. The molecule has 1 aliphatic heterocycles. The average molecular weight is 402 g/mol. The van der Waals surface area contributed by atoms with E-state index in [0.717, 1.165) is 60.6 Å². The number of nitrogens with zero attached hydrogens (tertiary/aromatic N) is 5. The molecule has 0 radical (unpaired) electrons. The van der Waals surface area contributed by atoms with E-state index in [4.69, 9.17) is 4.98 Å². The lowest BCUT2D eigenvalue weighted by atomic mass is 10.1. The van der Waals surface area contributed by atoms with Crippen molar-refractivity contribution >= 4 is 16.7 Å². The zero-order valence-electron chi connectivity index (χ0n) is 17.5. The summed E-state index contributed by atoms with van der Waals surface area (Å²) in [7, 11) is 0. The Morgan fingerprint density at radius 3 is 2.53 bits per heavy atom. The monoisotopic (exact) mass is 401 g/mol. The van der Waals surface area contributed by atoms with Crippen LogP contribution in [0.5, 0.6) is 0 Å². The Kier molecular flexibility index (Phi) is 6.29. The zero-order chi connectivity index (χ0) is 20.8. The molecule has 0 unspecified atom stereocenters. The van der Waals surface area contributed by atoms with Crippen LogP contribution < -0.4 is 10.2 Å². The van der Waals surface area contributed by atoms with Crippen LogP contribution in [0.1, 0.15) is 18.2 Å². The predicted octanol–water partition coefficient (Wildman–Crippen LogP) is 3.38. The summed E-state index contributed by atoms with van der Waals surface area (Å²) < 4.78 is 0. The molecule has 154 valence electrons. The van der Waals surface area contributed by atoms with Crippen molar-refractivity contribution in [1.29, 1.82) is 0 Å². The highest BCUT2D eigenvalue weighted by molar-refractivity contribution is 5.85. The van der Waals surface area contributed by atoms with E-state index in [1.54, 1.807) is 6.20 Å². The van der Waals surface area contributed by atoms with Crippen molar-refractivity contribution in [1.82, 2.24) is 30.7 Å². The SMILES string of the molecule is CCc1[nH]nc2ccc(-c3nncc(N4CCNCC4)n3)cc12.Cc1ccccc1. The molecule has 2 N–H and O–H groups in total. The minimum Gasteiger partial charge on any atom is -0.353 e. The van der Waals surface area contributed by atoms with E-state index in [1.807, 2.05) is 30.3 Å². The number of aryl methyl sites for hydroxylation is 2. The zero-order valence-corrected chi connectivity index (χ0v) is 17.5. The predicted molar refractivity (Wildman–Crippen MR) is 121 cm³/mol. The van der Waals surface area contributed by atoms with Crippen LogP contribution in [-0.4, -0.2) is 51.6 Å². The van der Waals surface area contributed by atoms with Crippen LogP contribution in [0.3, 0.4) is 0 Å². The molecule has 5 rings (SSSR count). The van der Waals surface area contributed by atoms with Crippen molar-refractivity contribution in [3.05, 3.63) is 66.0 Å². The lowest BCUT2D eigenvalue weighted by Gasteiger charge is -2.28. The maximum absolute atomic E-state index is 4.71. The average Bonchev–Trinajstić information content (AvgIpc) is 3.23. The highest BCUT2D eigenvalue weighted by atomic mass is 15.3. The van der Waals surface area contributed by atoms with Crippen LogP contribution in [0.4, 0.5) is 5.82 Å². The molecule has 0 aliphatic carbocycles. The molecule has 0 amide bonds. The number of hydrogen-bond donors (Lipinski definition) is 2. The van der Waals surface area contributed by atoms with Crippen molar-refractivity contribution < 1.29 is 0 Å². The van der Waals surface area contributed by atoms with Gasteiger partial charge in [-0.3, -0.25) is 5.10 Å². The topological polar surface area (TPSA) is 82.6 Å². The van der Waals surface area contributed by atoms with Crippen LogP contribution in [0.15, 0.2) is 54.7 Å². The van der Waals surface area contributed by atoms with Gasteiger partial charge < -0.3 is 10.2 Å². The van der Waals surface area contributed by atoms with Crippen molar-refractivity contribution in [3.63, 3.8) is 0 Å². The molecule has 0 saturated carbocycles. The summed E-state index contributed by atoms with van der Waals surface area (Å²) in [6, 6.07) is 16.4. The van der Waals surface area contributed by atoms with Gasteiger partial charge in [-0.1, -0.05) is 42.8 Å². The summed E-state index contributed by atoms with van der Waals surface area (Å²) in [4.78, 5) is 6.95. The van der Waals surface area contributed by atoms with Crippen LogP contribution in [0, 0.1) is 6.92 Å². The quantitative estimate of drug-likeness (QED) is 0.548. The molecule has 0 spiro atoms. The van der Waals surface area contributed by atoms with E-state index in [9.17, 15) is 0 Å². The van der Waals surface area contributed by atoms with Crippen molar-refractivity contribution in [2.45, 2.75) is 20.3 Å². The van der Waals surface area contributed by atoms with E-state index in [0.29, 0.717) is 5.82 Å². The lowest BCUT2D eigenvalue weighted by molar-refractivity contribution is 0.583. The van der Waals surface area contributed by atoms with Gasteiger partial charge in [0.25, 0.3) is 0 Å². The molecule has 2 aromatic carbocycles. The molecule has 0 bridgehead atoms. The minimum atomic E-state index is 0.659. The number of aromatic amines is 1. The molecular weight excluding hydrogens is 374 g/mol. The van der Waals surface area contributed by atoms with Crippen LogP contribution in [-0.2, 0) is 6.42 Å². The molecule has 30 heavy (non-hydrogen) atoms. The van der Waals surface area contributed by atoms with Gasteiger partial charge in [-0.05, 0) is 31.5 Å². The van der Waals surface area contributed by atoms with Gasteiger partial charge in [0.2, 0.25) is 0 Å². The molecule has 7 nitrogen and oxygen atoms in total. The maximum atomic E-state index is 4.71. The second-order valence-electron chi connectivity index (χ2n) is 7.32. The van der Waals surface area contributed by atoms with E-state index in [2.05, 4.69) is 62.7 Å². The summed E-state index contributed by atoms with van der Waals surface area (Å²) in [6.45, 7) is 8.03. The maximum Gasteiger partial charge on any atom is 0.183 e. The number of fused-ring (bicyclic) bond motifs is 1. The number of piperazine rings is 1. The molecule has 7 heteroatoms. The molecule has 1 aliphatic rings. The fraction of sp³-hybridized carbons (Fsp3) is 0.304. The number of benzene rings is 2. The summed E-state index contributed by atoms with van der Waals surface area (Å²) in [5.74, 6) is 1.55. The minimum absolute atomic E-state index is 0.659. The van der Waals surface area contributed by atoms with Crippen LogP contribution >= 0.6 is 0 Å². The first-order valence-electron chi connectivity index (χ1n) is 10.4. The fourth-order valence-corrected chi connectivity index (χ4v) is 3.47. The van der Waals surface area contributed by atoms with E-state index in [1.165, 1.54) is 5.56 Å². The van der Waals surface area contributed by atoms with Gasteiger partial charge in [-0.2, -0.15) is 10.2 Å². The van der Waals surface area contributed by atoms with Gasteiger partial charge in [0.05, 0.1) is 11.7 Å². The number of nitrogens with one attached hydrogen (secondary N) is 2. The molecule has 4 aromatic rings. The summed E-state index contributed by atoms with van der Waals surface area (Å²) in [5, 5.41) is 20.2. The first kappa shape index (κ1) is 20.0. The van der Waals surface area contributed by atoms with E-state index >= 15 is 0 Å². The van der Waals surface area contributed by atoms with E-state index < -0.39 is 0 Å². The Hall–Kier alpha value is -3.32. The Labute approximate surface area is 176 Å². The first-order chi connectivity index (χ1) is 14.7. The number of anilines is 1. The molecule has 2 aromatic heterocycles. The van der Waals surface area contributed by atoms with Gasteiger partial charge in [-0.25, -0.2) is 4.98 Å². The van der Waals surface area contributed by atoms with Gasteiger partial charge in [0.1, 0.15) is 0 Å². The fourth-order valence-electron chi connectivity index (χ4n) is 3.47. The normalized spacial score (nSPS) is 13.7. The Morgan fingerprint density at radius 1 is 1.03 bits per heavy atom. The van der Waals surface area contributed by atoms with Gasteiger partial charge in [-0.15, -0.1) is 5.10 Å². The number of H-pyrrole nitrogens is 1. The smallest absolute Gasteiger partial charge is 0.183 e. The van der Waals surface area contributed by atoms with E-state index in [-0.39, 0.29) is 0 Å².